The maximum Gasteiger partial charge on any atom is 0.269 e. The van der Waals surface area contributed by atoms with Crippen molar-refractivity contribution in [2.24, 2.45) is 0 Å². The normalized spacial score (nSPS) is 10.2. The topological polar surface area (TPSA) is 72.2 Å². The number of rotatable bonds is 5. The van der Waals surface area contributed by atoms with E-state index >= 15 is 0 Å². The molecule has 104 valence electrons. The lowest BCUT2D eigenvalue weighted by Gasteiger charge is -2.04. The Morgan fingerprint density at radius 1 is 1.35 bits per heavy atom. The van der Waals surface area contributed by atoms with Crippen molar-refractivity contribution in [2.45, 2.75) is 6.42 Å². The van der Waals surface area contributed by atoms with Gasteiger partial charge in [0.2, 0.25) is 0 Å². The standard InChI is InChI=1S/C13H11BrN2O3S/c14-12-7-10(8-20-12)13(17)15-6-5-9-1-3-11(4-2-9)16(18)19/h1-4,7-8H,5-6H2,(H,15,17). The summed E-state index contributed by atoms with van der Waals surface area (Å²) in [5.41, 5.74) is 1.65. The molecular formula is C13H11BrN2O3S. The Morgan fingerprint density at radius 3 is 2.60 bits per heavy atom. The number of benzene rings is 1. The van der Waals surface area contributed by atoms with Gasteiger partial charge in [0.15, 0.2) is 0 Å². The number of hydrogen-bond acceptors (Lipinski definition) is 4. The first-order valence-electron chi connectivity index (χ1n) is 5.82. The molecule has 0 saturated carbocycles. The Hall–Kier alpha value is -1.73. The van der Waals surface area contributed by atoms with Crippen molar-refractivity contribution in [1.29, 1.82) is 0 Å². The molecule has 1 amide bonds. The maximum atomic E-state index is 11.8. The van der Waals surface area contributed by atoms with Crippen molar-refractivity contribution >= 4 is 38.9 Å². The fraction of sp³-hybridized carbons (Fsp3) is 0.154. The number of carbonyl (C=O) groups excluding carboxylic acids is 1. The van der Waals surface area contributed by atoms with E-state index in [2.05, 4.69) is 21.2 Å². The monoisotopic (exact) mass is 354 g/mol. The minimum atomic E-state index is -0.431. The van der Waals surface area contributed by atoms with E-state index in [1.165, 1.54) is 23.5 Å². The van der Waals surface area contributed by atoms with Crippen LogP contribution in [0.15, 0.2) is 39.5 Å². The SMILES string of the molecule is O=C(NCCc1ccc([N+](=O)[O-])cc1)c1csc(Br)c1. The molecule has 1 aromatic carbocycles. The second kappa shape index (κ2) is 6.62. The van der Waals surface area contributed by atoms with Gasteiger partial charge in [0.05, 0.1) is 14.3 Å². The quantitative estimate of drug-likeness (QED) is 0.660. The Bertz CT molecular complexity index is 625. The molecular weight excluding hydrogens is 344 g/mol. The lowest BCUT2D eigenvalue weighted by Crippen LogP contribution is -2.25. The molecule has 1 N–H and O–H groups in total. The van der Waals surface area contributed by atoms with E-state index in [1.54, 1.807) is 23.6 Å². The molecule has 20 heavy (non-hydrogen) atoms. The second-order valence-electron chi connectivity index (χ2n) is 4.07. The molecule has 1 aromatic heterocycles. The summed E-state index contributed by atoms with van der Waals surface area (Å²) in [6.07, 6.45) is 0.634. The first-order chi connectivity index (χ1) is 9.56. The number of halogens is 1. The summed E-state index contributed by atoms with van der Waals surface area (Å²) in [5, 5.41) is 15.1. The Kier molecular flexibility index (Phi) is 4.86. The molecule has 7 heteroatoms. The van der Waals surface area contributed by atoms with Crippen LogP contribution < -0.4 is 5.32 Å². The zero-order valence-corrected chi connectivity index (χ0v) is 12.7. The molecule has 0 saturated heterocycles. The van der Waals surface area contributed by atoms with Crippen LogP contribution in [-0.4, -0.2) is 17.4 Å². The predicted molar refractivity (Wildman–Crippen MR) is 81.2 cm³/mol. The van der Waals surface area contributed by atoms with Crippen molar-refractivity contribution in [2.75, 3.05) is 6.54 Å². The second-order valence-corrected chi connectivity index (χ2v) is 6.36. The van der Waals surface area contributed by atoms with Gasteiger partial charge in [0.25, 0.3) is 11.6 Å². The van der Waals surface area contributed by atoms with Crippen molar-refractivity contribution in [3.8, 4) is 0 Å². The summed E-state index contributed by atoms with van der Waals surface area (Å²) in [4.78, 5) is 21.9. The molecule has 0 bridgehead atoms. The van der Waals surface area contributed by atoms with E-state index in [0.717, 1.165) is 9.35 Å². The summed E-state index contributed by atoms with van der Waals surface area (Å²) >= 11 is 4.77. The van der Waals surface area contributed by atoms with Gasteiger partial charge in [-0.05, 0) is 34.0 Å². The van der Waals surface area contributed by atoms with Gasteiger partial charge in [0.1, 0.15) is 0 Å². The Morgan fingerprint density at radius 2 is 2.05 bits per heavy atom. The van der Waals surface area contributed by atoms with Crippen LogP contribution in [0.1, 0.15) is 15.9 Å². The highest BCUT2D eigenvalue weighted by Crippen LogP contribution is 2.20. The number of non-ortho nitro benzene ring substituents is 1. The van der Waals surface area contributed by atoms with Gasteiger partial charge < -0.3 is 5.32 Å². The fourth-order valence-electron chi connectivity index (χ4n) is 1.64. The highest BCUT2D eigenvalue weighted by molar-refractivity contribution is 9.11. The van der Waals surface area contributed by atoms with Crippen LogP contribution in [0, 0.1) is 10.1 Å². The molecule has 0 radical (unpaired) electrons. The van der Waals surface area contributed by atoms with Crippen molar-refractivity contribution in [3.63, 3.8) is 0 Å². The van der Waals surface area contributed by atoms with E-state index in [1.807, 2.05) is 0 Å². The third kappa shape index (κ3) is 3.88. The van der Waals surface area contributed by atoms with Gasteiger partial charge in [-0.2, -0.15) is 0 Å². The minimum Gasteiger partial charge on any atom is -0.352 e. The van der Waals surface area contributed by atoms with Gasteiger partial charge >= 0.3 is 0 Å². The average Bonchev–Trinajstić information content (AvgIpc) is 2.86. The van der Waals surface area contributed by atoms with Crippen LogP contribution in [0.3, 0.4) is 0 Å². The lowest BCUT2D eigenvalue weighted by molar-refractivity contribution is -0.384. The van der Waals surface area contributed by atoms with Gasteiger partial charge in [-0.25, -0.2) is 0 Å². The number of carbonyl (C=O) groups is 1. The van der Waals surface area contributed by atoms with E-state index < -0.39 is 4.92 Å². The van der Waals surface area contributed by atoms with Crippen molar-refractivity contribution < 1.29 is 9.72 Å². The van der Waals surface area contributed by atoms with E-state index in [9.17, 15) is 14.9 Å². The van der Waals surface area contributed by atoms with E-state index in [-0.39, 0.29) is 11.6 Å². The third-order valence-corrected chi connectivity index (χ3v) is 4.18. The van der Waals surface area contributed by atoms with Crippen LogP contribution in [0.4, 0.5) is 5.69 Å². The number of nitro benzene ring substituents is 1. The molecule has 0 aliphatic carbocycles. The van der Waals surface area contributed by atoms with Crippen LogP contribution in [-0.2, 0) is 6.42 Å². The largest absolute Gasteiger partial charge is 0.352 e. The Labute approximate surface area is 127 Å². The molecule has 0 aliphatic rings. The van der Waals surface area contributed by atoms with Gasteiger partial charge in [-0.1, -0.05) is 12.1 Å². The van der Waals surface area contributed by atoms with E-state index in [4.69, 9.17) is 0 Å². The molecule has 0 fully saturated rings. The molecule has 0 spiro atoms. The number of thiophene rings is 1. The fourth-order valence-corrected chi connectivity index (χ4v) is 2.77. The smallest absolute Gasteiger partial charge is 0.269 e. The van der Waals surface area contributed by atoms with Crippen LogP contribution in [0.2, 0.25) is 0 Å². The number of nitrogens with one attached hydrogen (secondary N) is 1. The summed E-state index contributed by atoms with van der Waals surface area (Å²) in [5.74, 6) is -0.117. The summed E-state index contributed by atoms with van der Waals surface area (Å²) in [6.45, 7) is 0.490. The van der Waals surface area contributed by atoms with Gasteiger partial charge in [-0.15, -0.1) is 11.3 Å². The average molecular weight is 355 g/mol. The van der Waals surface area contributed by atoms with Crippen LogP contribution in [0.5, 0.6) is 0 Å². The molecule has 0 aliphatic heterocycles. The van der Waals surface area contributed by atoms with Crippen molar-refractivity contribution in [3.05, 3.63) is 60.7 Å². The maximum absolute atomic E-state index is 11.8. The summed E-state index contributed by atoms with van der Waals surface area (Å²) in [7, 11) is 0. The molecule has 2 rings (SSSR count). The molecule has 1 heterocycles. The number of nitro groups is 1. The third-order valence-electron chi connectivity index (χ3n) is 2.68. The first kappa shape index (κ1) is 14.7. The minimum absolute atomic E-state index is 0.0703. The molecule has 0 unspecified atom stereocenters. The Balaban J connectivity index is 1.83. The highest BCUT2D eigenvalue weighted by atomic mass is 79.9. The van der Waals surface area contributed by atoms with Crippen LogP contribution >= 0.6 is 27.3 Å². The van der Waals surface area contributed by atoms with E-state index in [0.29, 0.717) is 18.5 Å². The van der Waals surface area contributed by atoms with Crippen LogP contribution in [0.25, 0.3) is 0 Å². The van der Waals surface area contributed by atoms with Crippen molar-refractivity contribution in [1.82, 2.24) is 5.32 Å². The first-order valence-corrected chi connectivity index (χ1v) is 7.49. The number of amides is 1. The highest BCUT2D eigenvalue weighted by Gasteiger charge is 2.07. The molecule has 0 atom stereocenters. The summed E-state index contributed by atoms with van der Waals surface area (Å²) < 4.78 is 0.915. The van der Waals surface area contributed by atoms with Gasteiger partial charge in [0, 0.05) is 24.1 Å². The zero-order chi connectivity index (χ0) is 14.5. The lowest BCUT2D eigenvalue weighted by atomic mass is 10.1. The zero-order valence-electron chi connectivity index (χ0n) is 10.3. The molecule has 2 aromatic rings. The van der Waals surface area contributed by atoms with Gasteiger partial charge in [-0.3, -0.25) is 14.9 Å². The predicted octanol–water partition coefficient (Wildman–Crippen LogP) is 3.39. The number of hydrogen-bond donors (Lipinski definition) is 1. The number of nitrogens with zero attached hydrogens (tertiary/aromatic N) is 1. The molecule has 5 nitrogen and oxygen atoms in total. The summed E-state index contributed by atoms with van der Waals surface area (Å²) in [6, 6.07) is 8.10.